The average Bonchev–Trinajstić information content (AvgIpc) is 3.46. The van der Waals surface area contributed by atoms with Crippen molar-refractivity contribution in [1.29, 1.82) is 0 Å². The molecule has 6 nitrogen and oxygen atoms in total. The van der Waals surface area contributed by atoms with Gasteiger partial charge in [0.1, 0.15) is 11.6 Å². The second-order valence-corrected chi connectivity index (χ2v) is 9.28. The van der Waals surface area contributed by atoms with Crippen LogP contribution in [0, 0.1) is 11.6 Å². The first kappa shape index (κ1) is 20.5. The van der Waals surface area contributed by atoms with Gasteiger partial charge in [0.05, 0.1) is 29.6 Å². The normalized spacial score (nSPS) is 22.6. The van der Waals surface area contributed by atoms with Gasteiger partial charge in [0.25, 0.3) is 5.91 Å². The SMILES string of the molecule is CN1Cc2cc([C@@H]3CCO[C@H](c4cnn(C5CC5)c4)C3)nc(-c3ccc(F)cc3F)c2C1=O. The number of benzene rings is 1. The Labute approximate surface area is 190 Å². The number of amides is 1. The molecule has 2 fully saturated rings. The number of halogens is 2. The van der Waals surface area contributed by atoms with E-state index in [0.717, 1.165) is 35.7 Å². The molecule has 3 aliphatic rings. The molecule has 8 heteroatoms. The maximum absolute atomic E-state index is 14.7. The number of hydrogen-bond acceptors (Lipinski definition) is 4. The van der Waals surface area contributed by atoms with E-state index in [1.807, 2.05) is 16.9 Å². The fraction of sp³-hybridized carbons (Fsp3) is 0.400. The molecule has 2 atom stereocenters. The quantitative estimate of drug-likeness (QED) is 0.574. The number of hydrogen-bond donors (Lipinski definition) is 0. The van der Waals surface area contributed by atoms with E-state index in [-0.39, 0.29) is 23.5 Å². The molecule has 1 aromatic carbocycles. The number of rotatable bonds is 4. The second kappa shape index (κ2) is 7.73. The Balaban J connectivity index is 1.37. The third kappa shape index (κ3) is 3.62. The molecule has 0 radical (unpaired) electrons. The van der Waals surface area contributed by atoms with Gasteiger partial charge in [-0.2, -0.15) is 5.10 Å². The zero-order valence-corrected chi connectivity index (χ0v) is 18.3. The molecule has 6 rings (SSSR count). The molecule has 1 aliphatic carbocycles. The summed E-state index contributed by atoms with van der Waals surface area (Å²) in [6, 6.07) is 5.88. The molecule has 4 heterocycles. The Bertz CT molecular complexity index is 1250. The number of fused-ring (bicyclic) bond motifs is 1. The maximum atomic E-state index is 14.7. The van der Waals surface area contributed by atoms with E-state index in [1.54, 1.807) is 11.9 Å². The second-order valence-electron chi connectivity index (χ2n) is 9.28. The van der Waals surface area contributed by atoms with Gasteiger partial charge in [0.15, 0.2) is 0 Å². The molecule has 3 aromatic rings. The fourth-order valence-electron chi connectivity index (χ4n) is 4.94. The van der Waals surface area contributed by atoms with Gasteiger partial charge in [0, 0.05) is 55.2 Å². The van der Waals surface area contributed by atoms with Crippen LogP contribution in [0.3, 0.4) is 0 Å². The highest BCUT2D eigenvalue weighted by atomic mass is 19.1. The van der Waals surface area contributed by atoms with Crippen LogP contribution in [0.5, 0.6) is 0 Å². The van der Waals surface area contributed by atoms with Crippen molar-refractivity contribution in [3.05, 3.63) is 70.7 Å². The van der Waals surface area contributed by atoms with Crippen LogP contribution >= 0.6 is 0 Å². The molecule has 1 amide bonds. The Morgan fingerprint density at radius 3 is 2.79 bits per heavy atom. The summed E-state index contributed by atoms with van der Waals surface area (Å²) in [6.07, 6.45) is 7.74. The Hall–Kier alpha value is -3.13. The summed E-state index contributed by atoms with van der Waals surface area (Å²) in [5.74, 6) is -1.48. The van der Waals surface area contributed by atoms with Gasteiger partial charge >= 0.3 is 0 Å². The average molecular weight is 450 g/mol. The van der Waals surface area contributed by atoms with Crippen molar-refractivity contribution in [2.24, 2.45) is 0 Å². The predicted octanol–water partition coefficient (Wildman–Crippen LogP) is 4.78. The lowest BCUT2D eigenvalue weighted by Gasteiger charge is -2.29. The van der Waals surface area contributed by atoms with Crippen LogP contribution in [-0.4, -0.2) is 39.2 Å². The Morgan fingerprint density at radius 2 is 2.00 bits per heavy atom. The lowest BCUT2D eigenvalue weighted by molar-refractivity contribution is 0.00459. The standard InChI is InChI=1S/C25H24F2N4O2/c1-30-12-15-8-21(29-24(23(15)25(30)32)19-5-2-17(26)10-20(19)27)14-6-7-33-22(9-14)16-11-28-31(13-16)18-3-4-18/h2,5,8,10-11,13-14,18,22H,3-4,6-7,9,12H2,1H3/t14-,22+/m1/s1. The number of carbonyl (C=O) groups excluding carboxylic acids is 1. The number of pyridine rings is 1. The monoisotopic (exact) mass is 450 g/mol. The molecule has 0 bridgehead atoms. The van der Waals surface area contributed by atoms with Crippen LogP contribution in [0.4, 0.5) is 8.78 Å². The zero-order chi connectivity index (χ0) is 22.7. The molecule has 0 unspecified atom stereocenters. The van der Waals surface area contributed by atoms with Crippen molar-refractivity contribution >= 4 is 5.91 Å². The van der Waals surface area contributed by atoms with E-state index in [9.17, 15) is 13.6 Å². The van der Waals surface area contributed by atoms with E-state index in [0.29, 0.717) is 30.5 Å². The molecule has 2 aliphatic heterocycles. The van der Waals surface area contributed by atoms with Gasteiger partial charge in [-0.25, -0.2) is 8.78 Å². The highest BCUT2D eigenvalue weighted by Gasteiger charge is 2.34. The number of aromatic nitrogens is 3. The molecule has 170 valence electrons. The molecule has 1 saturated heterocycles. The van der Waals surface area contributed by atoms with Gasteiger partial charge in [-0.15, -0.1) is 0 Å². The van der Waals surface area contributed by atoms with Crippen LogP contribution < -0.4 is 0 Å². The summed E-state index contributed by atoms with van der Waals surface area (Å²) in [7, 11) is 1.72. The van der Waals surface area contributed by atoms with Crippen LogP contribution in [0.15, 0.2) is 36.7 Å². The van der Waals surface area contributed by atoms with Gasteiger partial charge in [-0.05, 0) is 49.4 Å². The molecular weight excluding hydrogens is 426 g/mol. The van der Waals surface area contributed by atoms with Gasteiger partial charge in [-0.1, -0.05) is 0 Å². The number of nitrogens with zero attached hydrogens (tertiary/aromatic N) is 4. The minimum Gasteiger partial charge on any atom is -0.373 e. The predicted molar refractivity (Wildman–Crippen MR) is 117 cm³/mol. The highest BCUT2D eigenvalue weighted by molar-refractivity contribution is 6.03. The minimum absolute atomic E-state index is 0.0818. The maximum Gasteiger partial charge on any atom is 0.256 e. The summed E-state index contributed by atoms with van der Waals surface area (Å²) in [5.41, 5.74) is 3.55. The van der Waals surface area contributed by atoms with E-state index in [2.05, 4.69) is 11.3 Å². The van der Waals surface area contributed by atoms with Crippen molar-refractivity contribution in [2.45, 2.75) is 50.3 Å². The van der Waals surface area contributed by atoms with Gasteiger partial charge in [0.2, 0.25) is 0 Å². The smallest absolute Gasteiger partial charge is 0.256 e. The Morgan fingerprint density at radius 1 is 1.15 bits per heavy atom. The van der Waals surface area contributed by atoms with Crippen molar-refractivity contribution in [3.63, 3.8) is 0 Å². The van der Waals surface area contributed by atoms with E-state index < -0.39 is 11.6 Å². The van der Waals surface area contributed by atoms with Crippen molar-refractivity contribution < 1.29 is 18.3 Å². The first-order valence-electron chi connectivity index (χ1n) is 11.4. The van der Waals surface area contributed by atoms with Crippen LogP contribution in [0.25, 0.3) is 11.3 Å². The first-order valence-corrected chi connectivity index (χ1v) is 11.4. The molecule has 2 aromatic heterocycles. The molecule has 0 spiro atoms. The van der Waals surface area contributed by atoms with Crippen molar-refractivity contribution in [3.8, 4) is 11.3 Å². The number of ether oxygens (including phenoxy) is 1. The molecular formula is C25H24F2N4O2. The Kier molecular flexibility index (Phi) is 4.79. The third-order valence-corrected chi connectivity index (χ3v) is 6.89. The molecule has 33 heavy (non-hydrogen) atoms. The van der Waals surface area contributed by atoms with Crippen LogP contribution in [-0.2, 0) is 11.3 Å². The van der Waals surface area contributed by atoms with Crippen molar-refractivity contribution in [1.82, 2.24) is 19.7 Å². The van der Waals surface area contributed by atoms with E-state index >= 15 is 0 Å². The third-order valence-electron chi connectivity index (χ3n) is 6.89. The summed E-state index contributed by atoms with van der Waals surface area (Å²) in [5, 5.41) is 4.49. The lowest BCUT2D eigenvalue weighted by atomic mass is 9.88. The lowest BCUT2D eigenvalue weighted by Crippen LogP contribution is -2.20. The summed E-state index contributed by atoms with van der Waals surface area (Å²) < 4.78 is 36.4. The topological polar surface area (TPSA) is 60.2 Å². The van der Waals surface area contributed by atoms with Gasteiger partial charge < -0.3 is 9.64 Å². The largest absolute Gasteiger partial charge is 0.373 e. The minimum atomic E-state index is -0.721. The van der Waals surface area contributed by atoms with Crippen LogP contribution in [0.1, 0.15) is 70.9 Å². The van der Waals surface area contributed by atoms with E-state index in [4.69, 9.17) is 9.72 Å². The zero-order valence-electron chi connectivity index (χ0n) is 18.3. The number of carbonyl (C=O) groups is 1. The molecule has 1 saturated carbocycles. The summed E-state index contributed by atoms with van der Waals surface area (Å²) in [4.78, 5) is 19.2. The fourth-order valence-corrected chi connectivity index (χ4v) is 4.94. The highest BCUT2D eigenvalue weighted by Crippen LogP contribution is 2.41. The van der Waals surface area contributed by atoms with Gasteiger partial charge in [-0.3, -0.25) is 14.5 Å². The molecule has 0 N–H and O–H groups in total. The summed E-state index contributed by atoms with van der Waals surface area (Å²) >= 11 is 0. The van der Waals surface area contributed by atoms with Crippen LogP contribution in [0.2, 0.25) is 0 Å². The van der Waals surface area contributed by atoms with E-state index in [1.165, 1.54) is 25.0 Å². The summed E-state index contributed by atoms with van der Waals surface area (Å²) in [6.45, 7) is 1.03. The first-order chi connectivity index (χ1) is 16.0. The van der Waals surface area contributed by atoms with Crippen molar-refractivity contribution in [2.75, 3.05) is 13.7 Å².